The molecule has 3 aromatic rings. The molecule has 1 aromatic carbocycles. The summed E-state index contributed by atoms with van der Waals surface area (Å²) in [7, 11) is 1.86. The van der Waals surface area contributed by atoms with E-state index in [2.05, 4.69) is 15.0 Å². The Morgan fingerprint density at radius 2 is 2.07 bits per heavy atom. The first kappa shape index (κ1) is 18.6. The lowest BCUT2D eigenvalue weighted by Crippen LogP contribution is -2.34. The van der Waals surface area contributed by atoms with E-state index in [4.69, 9.17) is 0 Å². The smallest absolute Gasteiger partial charge is 0.162 e. The molecule has 4 rings (SSSR count). The second-order valence-corrected chi connectivity index (χ2v) is 7.25. The molecule has 0 aliphatic carbocycles. The van der Waals surface area contributed by atoms with E-state index in [-0.39, 0.29) is 5.78 Å². The lowest BCUT2D eigenvalue weighted by atomic mass is 10.1. The van der Waals surface area contributed by atoms with Gasteiger partial charge in [0, 0.05) is 44.5 Å². The van der Waals surface area contributed by atoms with Gasteiger partial charge in [-0.05, 0) is 19.0 Å². The largest absolute Gasteiger partial charge is 0.379 e. The van der Waals surface area contributed by atoms with Crippen LogP contribution in [0.5, 0.6) is 0 Å². The molecule has 0 bridgehead atoms. The molecule has 28 heavy (non-hydrogen) atoms. The fraction of sp³-hybridized carbons (Fsp3) is 0.381. The van der Waals surface area contributed by atoms with Crippen LogP contribution >= 0.6 is 0 Å². The molecule has 1 N–H and O–H groups in total. The Balaban J connectivity index is 1.33. The maximum Gasteiger partial charge on any atom is 0.162 e. The zero-order chi connectivity index (χ0) is 19.5. The summed E-state index contributed by atoms with van der Waals surface area (Å²) in [6.07, 6.45) is 4.06. The Bertz CT molecular complexity index is 947. The van der Waals surface area contributed by atoms with E-state index in [1.54, 1.807) is 10.8 Å². The lowest BCUT2D eigenvalue weighted by Gasteiger charge is -2.27. The number of aryl methyl sites for hydroxylation is 1. The lowest BCUT2D eigenvalue weighted by molar-refractivity contribution is 0.0972. The van der Waals surface area contributed by atoms with Gasteiger partial charge in [0.25, 0.3) is 0 Å². The fourth-order valence-corrected chi connectivity index (χ4v) is 3.67. The van der Waals surface area contributed by atoms with Crippen LogP contribution in [-0.4, -0.2) is 48.2 Å². The molecule has 2 aromatic heterocycles. The molecule has 3 heterocycles. The quantitative estimate of drug-likeness (QED) is 0.637. The van der Waals surface area contributed by atoms with E-state index >= 15 is 0 Å². The summed E-state index contributed by atoms with van der Waals surface area (Å²) in [5.74, 6) is 0.787. The average molecular weight is 379 g/mol. The SMILES string of the molecule is Cn1ccnc1[C@H](O)c1cc2n(n1)CCN(CCCC(=O)c1ccccc1)C2. The van der Waals surface area contributed by atoms with Gasteiger partial charge in [-0.1, -0.05) is 30.3 Å². The molecule has 7 heteroatoms. The average Bonchev–Trinajstić information content (AvgIpc) is 3.33. The van der Waals surface area contributed by atoms with Gasteiger partial charge in [-0.3, -0.25) is 14.4 Å². The number of benzene rings is 1. The highest BCUT2D eigenvalue weighted by atomic mass is 16.3. The van der Waals surface area contributed by atoms with Crippen LogP contribution in [0.1, 0.15) is 46.5 Å². The van der Waals surface area contributed by atoms with Crippen molar-refractivity contribution in [1.29, 1.82) is 0 Å². The third kappa shape index (κ3) is 3.90. The van der Waals surface area contributed by atoms with Crippen LogP contribution in [0.15, 0.2) is 48.8 Å². The second-order valence-electron chi connectivity index (χ2n) is 7.25. The molecule has 0 fully saturated rings. The number of rotatable bonds is 7. The van der Waals surface area contributed by atoms with E-state index in [1.165, 1.54) is 0 Å². The van der Waals surface area contributed by atoms with Gasteiger partial charge < -0.3 is 9.67 Å². The number of nitrogens with zero attached hydrogens (tertiary/aromatic N) is 5. The van der Waals surface area contributed by atoms with Crippen LogP contribution in [0.25, 0.3) is 0 Å². The Kier molecular flexibility index (Phi) is 5.36. The highest BCUT2D eigenvalue weighted by Gasteiger charge is 2.23. The molecular formula is C21H25N5O2. The molecule has 0 saturated carbocycles. The van der Waals surface area contributed by atoms with Crippen molar-refractivity contribution < 1.29 is 9.90 Å². The van der Waals surface area contributed by atoms with Gasteiger partial charge in [0.1, 0.15) is 5.82 Å². The van der Waals surface area contributed by atoms with Crippen molar-refractivity contribution in [2.45, 2.75) is 32.0 Å². The highest BCUT2D eigenvalue weighted by Crippen LogP contribution is 2.22. The standard InChI is InChI=1S/C21H25N5O2/c1-24-11-9-22-21(24)20(28)18-14-17-15-25(12-13-26(17)23-18)10-5-8-19(27)16-6-3-2-4-7-16/h2-4,6-7,9,11,14,20,28H,5,8,10,12-13,15H2,1H3/t20-/m1/s1. The molecule has 0 saturated heterocycles. The number of aromatic nitrogens is 4. The summed E-state index contributed by atoms with van der Waals surface area (Å²) in [6.45, 7) is 3.34. The third-order valence-corrected chi connectivity index (χ3v) is 5.25. The van der Waals surface area contributed by atoms with Gasteiger partial charge in [-0.15, -0.1) is 0 Å². The molecule has 146 valence electrons. The van der Waals surface area contributed by atoms with E-state index in [9.17, 15) is 9.90 Å². The van der Waals surface area contributed by atoms with E-state index in [0.29, 0.717) is 17.9 Å². The number of hydrogen-bond acceptors (Lipinski definition) is 5. The molecule has 0 spiro atoms. The Morgan fingerprint density at radius 3 is 2.82 bits per heavy atom. The molecule has 0 unspecified atom stereocenters. The number of imidazole rings is 1. The Hall–Kier alpha value is -2.77. The predicted molar refractivity (Wildman–Crippen MR) is 105 cm³/mol. The van der Waals surface area contributed by atoms with Crippen molar-refractivity contribution in [3.63, 3.8) is 0 Å². The summed E-state index contributed by atoms with van der Waals surface area (Å²) in [5.41, 5.74) is 2.50. The summed E-state index contributed by atoms with van der Waals surface area (Å²) in [5, 5.41) is 15.1. The van der Waals surface area contributed by atoms with Crippen LogP contribution < -0.4 is 0 Å². The summed E-state index contributed by atoms with van der Waals surface area (Å²) < 4.78 is 3.77. The molecule has 1 aliphatic heterocycles. The monoisotopic (exact) mass is 379 g/mol. The van der Waals surface area contributed by atoms with Crippen LogP contribution in [0.2, 0.25) is 0 Å². The van der Waals surface area contributed by atoms with Crippen LogP contribution in [0.4, 0.5) is 0 Å². The first-order chi connectivity index (χ1) is 13.6. The number of carbonyl (C=O) groups is 1. The Morgan fingerprint density at radius 1 is 1.25 bits per heavy atom. The fourth-order valence-electron chi connectivity index (χ4n) is 3.67. The molecule has 1 atom stereocenters. The minimum Gasteiger partial charge on any atom is -0.379 e. The number of aliphatic hydroxyl groups excluding tert-OH is 1. The van der Waals surface area contributed by atoms with Gasteiger partial charge in [0.05, 0.1) is 17.9 Å². The second kappa shape index (κ2) is 8.08. The van der Waals surface area contributed by atoms with Crippen LogP contribution in [-0.2, 0) is 20.1 Å². The van der Waals surface area contributed by atoms with Crippen LogP contribution in [0, 0.1) is 0 Å². The molecule has 0 radical (unpaired) electrons. The summed E-state index contributed by atoms with van der Waals surface area (Å²) in [6, 6.07) is 11.4. The van der Waals surface area contributed by atoms with Gasteiger partial charge >= 0.3 is 0 Å². The minimum atomic E-state index is -0.824. The first-order valence-electron chi connectivity index (χ1n) is 9.64. The number of carbonyl (C=O) groups excluding carboxylic acids is 1. The van der Waals surface area contributed by atoms with Crippen molar-refractivity contribution in [3.8, 4) is 0 Å². The van der Waals surface area contributed by atoms with E-state index in [0.717, 1.165) is 43.9 Å². The summed E-state index contributed by atoms with van der Waals surface area (Å²) >= 11 is 0. The minimum absolute atomic E-state index is 0.197. The molecule has 7 nitrogen and oxygen atoms in total. The topological polar surface area (TPSA) is 76.2 Å². The number of Topliss-reactive ketones (excluding diaryl/α,β-unsaturated/α-hetero) is 1. The van der Waals surface area contributed by atoms with Gasteiger partial charge in [-0.2, -0.15) is 5.10 Å². The van der Waals surface area contributed by atoms with Crippen LogP contribution in [0.3, 0.4) is 0 Å². The highest BCUT2D eigenvalue weighted by molar-refractivity contribution is 5.95. The predicted octanol–water partition coefficient (Wildman–Crippen LogP) is 2.18. The maximum atomic E-state index is 12.2. The zero-order valence-electron chi connectivity index (χ0n) is 16.0. The van der Waals surface area contributed by atoms with Gasteiger partial charge in [-0.25, -0.2) is 4.98 Å². The van der Waals surface area contributed by atoms with Crippen molar-refractivity contribution in [2.24, 2.45) is 7.05 Å². The summed E-state index contributed by atoms with van der Waals surface area (Å²) in [4.78, 5) is 18.8. The zero-order valence-corrected chi connectivity index (χ0v) is 16.0. The van der Waals surface area contributed by atoms with Crippen molar-refractivity contribution >= 4 is 5.78 Å². The molecular weight excluding hydrogens is 354 g/mol. The normalized spacial score (nSPS) is 15.4. The van der Waals surface area contributed by atoms with Crippen molar-refractivity contribution in [2.75, 3.05) is 13.1 Å². The maximum absolute atomic E-state index is 12.2. The molecule has 0 amide bonds. The Labute approximate surface area is 164 Å². The van der Waals surface area contributed by atoms with E-state index in [1.807, 2.05) is 54.3 Å². The number of hydrogen-bond donors (Lipinski definition) is 1. The van der Waals surface area contributed by atoms with Crippen molar-refractivity contribution in [3.05, 3.63) is 71.6 Å². The number of ketones is 1. The first-order valence-corrected chi connectivity index (χ1v) is 9.64. The third-order valence-electron chi connectivity index (χ3n) is 5.25. The number of fused-ring (bicyclic) bond motifs is 1. The van der Waals surface area contributed by atoms with Gasteiger partial charge in [0.15, 0.2) is 11.9 Å². The van der Waals surface area contributed by atoms with Gasteiger partial charge in [0.2, 0.25) is 0 Å². The van der Waals surface area contributed by atoms with Crippen molar-refractivity contribution in [1.82, 2.24) is 24.2 Å². The number of aliphatic hydroxyl groups is 1. The molecule has 1 aliphatic rings. The van der Waals surface area contributed by atoms with E-state index < -0.39 is 6.10 Å².